The molecule has 0 saturated carbocycles. The Balaban J connectivity index is 2.05. The highest BCUT2D eigenvalue weighted by atomic mass is 16.2. The van der Waals surface area contributed by atoms with Gasteiger partial charge >= 0.3 is 0 Å². The molecule has 0 bridgehead atoms. The Morgan fingerprint density at radius 1 is 1.19 bits per heavy atom. The van der Waals surface area contributed by atoms with E-state index in [-0.39, 0.29) is 24.0 Å². The lowest BCUT2D eigenvalue weighted by atomic mass is 10.1. The zero-order valence-electron chi connectivity index (χ0n) is 11.5. The lowest BCUT2D eigenvalue weighted by molar-refractivity contribution is 0.0944. The summed E-state index contributed by atoms with van der Waals surface area (Å²) in [4.78, 5) is 31.2. The molecule has 0 atom stereocenters. The number of nitrogens with one attached hydrogen (secondary N) is 2. The highest BCUT2D eigenvalue weighted by Gasteiger charge is 2.11. The average Bonchev–Trinajstić information content (AvgIpc) is 2.52. The Morgan fingerprint density at radius 3 is 2.67 bits per heavy atom. The number of nitrogens with two attached hydrogens (primary N) is 1. The smallest absolute Gasteiger partial charge is 0.273 e. The Hall–Kier alpha value is -2.96. The number of hydrogen-bond acceptors (Lipinski definition) is 5. The van der Waals surface area contributed by atoms with Gasteiger partial charge in [0.25, 0.3) is 11.8 Å². The molecule has 108 valence electrons. The molecular weight excluding hydrogens is 270 g/mol. The molecule has 4 N–H and O–H groups in total. The molecule has 0 spiro atoms. The molecule has 1 heterocycles. The molecule has 1 aromatic carbocycles. The maximum Gasteiger partial charge on any atom is 0.273 e. The summed E-state index contributed by atoms with van der Waals surface area (Å²) in [6.45, 7) is 0.264. The molecule has 7 nitrogen and oxygen atoms in total. The van der Waals surface area contributed by atoms with Crippen LogP contribution in [-0.4, -0.2) is 28.8 Å². The number of aromatic nitrogens is 2. The summed E-state index contributed by atoms with van der Waals surface area (Å²) in [5.41, 5.74) is 7.00. The van der Waals surface area contributed by atoms with Crippen LogP contribution in [0.25, 0.3) is 0 Å². The van der Waals surface area contributed by atoms with E-state index in [2.05, 4.69) is 20.6 Å². The third kappa shape index (κ3) is 3.53. The van der Waals surface area contributed by atoms with Crippen LogP contribution >= 0.6 is 0 Å². The summed E-state index contributed by atoms with van der Waals surface area (Å²) in [6, 6.07) is 6.97. The molecule has 7 heteroatoms. The van der Waals surface area contributed by atoms with Gasteiger partial charge in [-0.05, 0) is 17.7 Å². The second kappa shape index (κ2) is 6.47. The number of carbonyl (C=O) groups is 2. The van der Waals surface area contributed by atoms with E-state index in [0.717, 1.165) is 5.56 Å². The van der Waals surface area contributed by atoms with Crippen LogP contribution in [0.15, 0.2) is 36.7 Å². The van der Waals surface area contributed by atoms with Crippen molar-refractivity contribution in [1.29, 1.82) is 0 Å². The van der Waals surface area contributed by atoms with E-state index in [4.69, 9.17) is 5.73 Å². The fraction of sp³-hybridized carbons (Fsp3) is 0.143. The predicted molar refractivity (Wildman–Crippen MR) is 77.4 cm³/mol. The van der Waals surface area contributed by atoms with E-state index >= 15 is 0 Å². The fourth-order valence-corrected chi connectivity index (χ4v) is 1.76. The minimum absolute atomic E-state index is 0.0779. The SMILES string of the molecule is CNC(=O)c1cccc(CNC(=O)c2nccnc2N)c1. The first-order chi connectivity index (χ1) is 10.1. The summed E-state index contributed by atoms with van der Waals surface area (Å²) < 4.78 is 0. The van der Waals surface area contributed by atoms with Crippen LogP contribution in [-0.2, 0) is 6.54 Å². The molecule has 0 unspecified atom stereocenters. The van der Waals surface area contributed by atoms with Gasteiger partial charge in [-0.1, -0.05) is 12.1 Å². The molecule has 0 radical (unpaired) electrons. The van der Waals surface area contributed by atoms with Gasteiger partial charge in [0.2, 0.25) is 0 Å². The van der Waals surface area contributed by atoms with Crippen molar-refractivity contribution in [3.63, 3.8) is 0 Å². The monoisotopic (exact) mass is 285 g/mol. The standard InChI is InChI=1S/C14H15N5O2/c1-16-13(20)10-4-2-3-9(7-10)8-19-14(21)11-12(15)18-6-5-17-11/h2-7H,8H2,1H3,(H2,15,18)(H,16,20)(H,19,21). The van der Waals surface area contributed by atoms with Crippen molar-refractivity contribution in [2.75, 3.05) is 12.8 Å². The molecule has 0 aliphatic rings. The summed E-state index contributed by atoms with van der Waals surface area (Å²) >= 11 is 0. The number of hydrogen-bond donors (Lipinski definition) is 3. The van der Waals surface area contributed by atoms with Gasteiger partial charge in [0.05, 0.1) is 0 Å². The molecule has 0 fully saturated rings. The van der Waals surface area contributed by atoms with E-state index in [0.29, 0.717) is 5.56 Å². The van der Waals surface area contributed by atoms with Gasteiger partial charge < -0.3 is 16.4 Å². The van der Waals surface area contributed by atoms with Crippen LogP contribution in [0.5, 0.6) is 0 Å². The molecule has 2 amide bonds. The quantitative estimate of drug-likeness (QED) is 0.750. The van der Waals surface area contributed by atoms with Crippen LogP contribution < -0.4 is 16.4 Å². The van der Waals surface area contributed by atoms with Crippen molar-refractivity contribution in [2.45, 2.75) is 6.54 Å². The molecule has 0 saturated heterocycles. The molecule has 2 rings (SSSR count). The molecule has 2 aromatic rings. The highest BCUT2D eigenvalue weighted by Crippen LogP contribution is 2.07. The van der Waals surface area contributed by atoms with E-state index in [1.165, 1.54) is 12.4 Å². The van der Waals surface area contributed by atoms with Crippen LogP contribution in [0, 0.1) is 0 Å². The van der Waals surface area contributed by atoms with Gasteiger partial charge in [-0.25, -0.2) is 9.97 Å². The predicted octanol–water partition coefficient (Wildman–Crippen LogP) is 0.348. The third-order valence-electron chi connectivity index (χ3n) is 2.81. The van der Waals surface area contributed by atoms with Crippen molar-refractivity contribution in [3.05, 3.63) is 53.5 Å². The normalized spacial score (nSPS) is 9.95. The van der Waals surface area contributed by atoms with Crippen LogP contribution in [0.2, 0.25) is 0 Å². The highest BCUT2D eigenvalue weighted by molar-refractivity contribution is 5.96. The lowest BCUT2D eigenvalue weighted by Crippen LogP contribution is -2.25. The van der Waals surface area contributed by atoms with E-state index < -0.39 is 5.91 Å². The summed E-state index contributed by atoms with van der Waals surface area (Å²) in [7, 11) is 1.56. The Labute approximate surface area is 121 Å². The van der Waals surface area contributed by atoms with Crippen molar-refractivity contribution in [1.82, 2.24) is 20.6 Å². The molecule has 0 aliphatic carbocycles. The van der Waals surface area contributed by atoms with Crippen molar-refractivity contribution >= 4 is 17.6 Å². The number of anilines is 1. The zero-order valence-corrected chi connectivity index (χ0v) is 11.5. The molecule has 1 aromatic heterocycles. The molecule has 21 heavy (non-hydrogen) atoms. The molecular formula is C14H15N5O2. The fourth-order valence-electron chi connectivity index (χ4n) is 1.76. The second-order valence-corrected chi connectivity index (χ2v) is 4.25. The van der Waals surface area contributed by atoms with Crippen molar-refractivity contribution < 1.29 is 9.59 Å². The maximum absolute atomic E-state index is 11.9. The average molecular weight is 285 g/mol. The summed E-state index contributed by atoms with van der Waals surface area (Å²) in [5, 5.41) is 5.23. The van der Waals surface area contributed by atoms with Gasteiger partial charge in [0.1, 0.15) is 0 Å². The van der Waals surface area contributed by atoms with Gasteiger partial charge in [-0.15, -0.1) is 0 Å². The first-order valence-corrected chi connectivity index (χ1v) is 6.27. The second-order valence-electron chi connectivity index (χ2n) is 4.25. The Kier molecular flexibility index (Phi) is 4.45. The topological polar surface area (TPSA) is 110 Å². The van der Waals surface area contributed by atoms with Crippen molar-refractivity contribution in [2.24, 2.45) is 0 Å². The number of nitrogen functional groups attached to an aromatic ring is 1. The largest absolute Gasteiger partial charge is 0.382 e. The number of nitrogens with zero attached hydrogens (tertiary/aromatic N) is 2. The summed E-state index contributed by atoms with van der Waals surface area (Å²) in [6.07, 6.45) is 2.82. The number of carbonyl (C=O) groups excluding carboxylic acids is 2. The number of benzene rings is 1. The van der Waals surface area contributed by atoms with Gasteiger partial charge in [-0.3, -0.25) is 9.59 Å². The van der Waals surface area contributed by atoms with Gasteiger partial charge in [0.15, 0.2) is 11.5 Å². The van der Waals surface area contributed by atoms with Gasteiger partial charge in [0, 0.05) is 31.5 Å². The van der Waals surface area contributed by atoms with Crippen LogP contribution in [0.4, 0.5) is 5.82 Å². The summed E-state index contributed by atoms with van der Waals surface area (Å²) in [5.74, 6) is -0.513. The van der Waals surface area contributed by atoms with E-state index in [1.54, 1.807) is 25.2 Å². The van der Waals surface area contributed by atoms with Crippen molar-refractivity contribution in [3.8, 4) is 0 Å². The Bertz CT molecular complexity index is 672. The van der Waals surface area contributed by atoms with Gasteiger partial charge in [-0.2, -0.15) is 0 Å². The number of rotatable bonds is 4. The molecule has 0 aliphatic heterocycles. The zero-order chi connectivity index (χ0) is 15.2. The van der Waals surface area contributed by atoms with E-state index in [1.807, 2.05) is 6.07 Å². The first kappa shape index (κ1) is 14.4. The lowest BCUT2D eigenvalue weighted by Gasteiger charge is -2.07. The minimum atomic E-state index is -0.411. The Morgan fingerprint density at radius 2 is 1.95 bits per heavy atom. The first-order valence-electron chi connectivity index (χ1n) is 6.27. The third-order valence-corrected chi connectivity index (χ3v) is 2.81. The van der Waals surface area contributed by atoms with Crippen LogP contribution in [0.3, 0.4) is 0 Å². The number of amides is 2. The minimum Gasteiger partial charge on any atom is -0.382 e. The van der Waals surface area contributed by atoms with E-state index in [9.17, 15) is 9.59 Å². The van der Waals surface area contributed by atoms with Crippen LogP contribution in [0.1, 0.15) is 26.4 Å². The maximum atomic E-state index is 11.9.